The molecule has 0 aromatic carbocycles. The van der Waals surface area contributed by atoms with Crippen LogP contribution in [-0.2, 0) is 6.54 Å². The predicted molar refractivity (Wildman–Crippen MR) is 72.3 cm³/mol. The Hall–Kier alpha value is -0.110. The van der Waals surface area contributed by atoms with E-state index >= 15 is 0 Å². The Bertz CT molecular complexity index is 298. The van der Waals surface area contributed by atoms with E-state index < -0.39 is 4.11 Å². The molecule has 4 nitrogen and oxygen atoms in total. The van der Waals surface area contributed by atoms with Gasteiger partial charge in [0.2, 0.25) is 0 Å². The summed E-state index contributed by atoms with van der Waals surface area (Å²) in [5, 5.41) is 12.6. The van der Waals surface area contributed by atoms with Gasteiger partial charge in [0.25, 0.3) is 0 Å². The summed E-state index contributed by atoms with van der Waals surface area (Å²) in [5.41, 5.74) is 0. The van der Waals surface area contributed by atoms with Crippen LogP contribution in [0.25, 0.3) is 0 Å². The fraction of sp³-hybridized carbons (Fsp3) is 0.636. The van der Waals surface area contributed by atoms with Gasteiger partial charge in [0.1, 0.15) is 11.5 Å². The highest BCUT2D eigenvalue weighted by atomic mass is 127. The highest BCUT2D eigenvalue weighted by Gasteiger charge is 2.08. The van der Waals surface area contributed by atoms with Crippen molar-refractivity contribution in [2.24, 2.45) is 0 Å². The Morgan fingerprint density at radius 2 is 2.12 bits per heavy atom. The lowest BCUT2D eigenvalue weighted by molar-refractivity contribution is 0.243. The van der Waals surface area contributed by atoms with Crippen molar-refractivity contribution < 1.29 is 9.52 Å². The fourth-order valence-corrected chi connectivity index (χ4v) is 1.74. The smallest absolute Gasteiger partial charge is 0.162 e. The monoisotopic (exact) mass is 338 g/mol. The third-order valence-electron chi connectivity index (χ3n) is 2.45. The van der Waals surface area contributed by atoms with E-state index in [1.54, 1.807) is 0 Å². The SMILES string of the molecule is CCN(CC)CNCc1ccc(C(O)I)o1. The van der Waals surface area contributed by atoms with Gasteiger partial charge in [0.05, 0.1) is 6.54 Å². The van der Waals surface area contributed by atoms with Gasteiger partial charge in [0.15, 0.2) is 4.11 Å². The molecule has 0 fully saturated rings. The second kappa shape index (κ2) is 7.26. The lowest BCUT2D eigenvalue weighted by Gasteiger charge is -2.17. The van der Waals surface area contributed by atoms with E-state index in [0.29, 0.717) is 12.3 Å². The summed E-state index contributed by atoms with van der Waals surface area (Å²) in [5.74, 6) is 1.47. The lowest BCUT2D eigenvalue weighted by Crippen LogP contribution is -2.33. The highest BCUT2D eigenvalue weighted by Crippen LogP contribution is 2.21. The van der Waals surface area contributed by atoms with E-state index in [0.717, 1.165) is 25.5 Å². The molecule has 0 radical (unpaired) electrons. The zero-order valence-corrected chi connectivity index (χ0v) is 11.9. The molecule has 0 aliphatic rings. The minimum atomic E-state index is -0.561. The number of furan rings is 1. The van der Waals surface area contributed by atoms with Gasteiger partial charge in [-0.15, -0.1) is 0 Å². The maximum absolute atomic E-state index is 9.29. The Balaban J connectivity index is 2.31. The van der Waals surface area contributed by atoms with Crippen molar-refractivity contribution in [1.82, 2.24) is 10.2 Å². The predicted octanol–water partition coefficient (Wildman–Crippen LogP) is 2.09. The van der Waals surface area contributed by atoms with Crippen LogP contribution in [0.4, 0.5) is 0 Å². The fourth-order valence-electron chi connectivity index (χ4n) is 1.40. The minimum absolute atomic E-state index is 0.561. The van der Waals surface area contributed by atoms with Crippen molar-refractivity contribution in [1.29, 1.82) is 0 Å². The standard InChI is InChI=1S/C11H19IN2O2/c1-3-14(4-2)8-13-7-9-5-6-10(16-9)11(12)15/h5-6,11,13,15H,3-4,7-8H2,1-2H3. The van der Waals surface area contributed by atoms with Gasteiger partial charge in [-0.05, 0) is 47.8 Å². The van der Waals surface area contributed by atoms with Crippen LogP contribution in [-0.4, -0.2) is 29.8 Å². The number of aliphatic hydroxyl groups excluding tert-OH is 1. The first-order chi connectivity index (χ1) is 7.67. The van der Waals surface area contributed by atoms with E-state index in [-0.39, 0.29) is 0 Å². The molecule has 1 aromatic heterocycles. The molecule has 16 heavy (non-hydrogen) atoms. The molecule has 0 saturated heterocycles. The number of hydrogen-bond donors (Lipinski definition) is 2. The first kappa shape index (κ1) is 14.0. The zero-order chi connectivity index (χ0) is 12.0. The van der Waals surface area contributed by atoms with Crippen LogP contribution in [0, 0.1) is 0 Å². The molecule has 0 aliphatic heterocycles. The minimum Gasteiger partial charge on any atom is -0.461 e. The average molecular weight is 338 g/mol. The normalized spacial score (nSPS) is 13.3. The van der Waals surface area contributed by atoms with E-state index in [4.69, 9.17) is 4.42 Å². The van der Waals surface area contributed by atoms with Crippen molar-refractivity contribution in [3.05, 3.63) is 23.7 Å². The lowest BCUT2D eigenvalue weighted by atomic mass is 10.4. The molecule has 5 heteroatoms. The topological polar surface area (TPSA) is 48.6 Å². The Morgan fingerprint density at radius 3 is 2.62 bits per heavy atom. The summed E-state index contributed by atoms with van der Waals surface area (Å²) in [6, 6.07) is 3.71. The molecule has 2 N–H and O–H groups in total. The van der Waals surface area contributed by atoms with Crippen LogP contribution in [0.2, 0.25) is 0 Å². The molecule has 1 unspecified atom stereocenters. The number of rotatable bonds is 7. The summed E-state index contributed by atoms with van der Waals surface area (Å²) in [7, 11) is 0. The van der Waals surface area contributed by atoms with Gasteiger partial charge in [-0.1, -0.05) is 13.8 Å². The van der Waals surface area contributed by atoms with Gasteiger partial charge >= 0.3 is 0 Å². The number of alkyl halides is 1. The Kier molecular flexibility index (Phi) is 6.33. The molecule has 1 aromatic rings. The molecular weight excluding hydrogens is 319 g/mol. The second-order valence-electron chi connectivity index (χ2n) is 3.53. The third-order valence-corrected chi connectivity index (χ3v) is 3.06. The van der Waals surface area contributed by atoms with Crippen molar-refractivity contribution in [2.75, 3.05) is 19.8 Å². The molecule has 1 atom stereocenters. The largest absolute Gasteiger partial charge is 0.461 e. The molecule has 1 heterocycles. The molecule has 0 aliphatic carbocycles. The van der Waals surface area contributed by atoms with Crippen LogP contribution in [0.5, 0.6) is 0 Å². The molecule has 0 amide bonds. The summed E-state index contributed by atoms with van der Waals surface area (Å²) in [4.78, 5) is 2.29. The molecular formula is C11H19IN2O2. The summed E-state index contributed by atoms with van der Waals surface area (Å²) in [6.45, 7) is 7.92. The van der Waals surface area contributed by atoms with Crippen molar-refractivity contribution in [3.63, 3.8) is 0 Å². The van der Waals surface area contributed by atoms with Crippen LogP contribution < -0.4 is 5.32 Å². The summed E-state index contributed by atoms with van der Waals surface area (Å²) < 4.78 is 4.89. The van der Waals surface area contributed by atoms with Crippen LogP contribution >= 0.6 is 22.6 Å². The molecule has 0 bridgehead atoms. The van der Waals surface area contributed by atoms with E-state index in [1.165, 1.54) is 0 Å². The van der Waals surface area contributed by atoms with Gasteiger partial charge in [-0.2, -0.15) is 0 Å². The first-order valence-electron chi connectivity index (χ1n) is 5.51. The third kappa shape index (κ3) is 4.40. The number of hydrogen-bond acceptors (Lipinski definition) is 4. The van der Waals surface area contributed by atoms with E-state index in [9.17, 15) is 5.11 Å². The van der Waals surface area contributed by atoms with Crippen molar-refractivity contribution in [2.45, 2.75) is 24.5 Å². The quantitative estimate of drug-likeness (QED) is 0.454. The number of halogens is 1. The van der Waals surface area contributed by atoms with Crippen molar-refractivity contribution in [3.8, 4) is 0 Å². The first-order valence-corrected chi connectivity index (χ1v) is 6.75. The highest BCUT2D eigenvalue weighted by molar-refractivity contribution is 14.1. The van der Waals surface area contributed by atoms with E-state index in [2.05, 4.69) is 24.1 Å². The van der Waals surface area contributed by atoms with Crippen LogP contribution in [0.3, 0.4) is 0 Å². The zero-order valence-electron chi connectivity index (χ0n) is 9.74. The summed E-state index contributed by atoms with van der Waals surface area (Å²) >= 11 is 1.92. The Labute approximate surface area is 110 Å². The van der Waals surface area contributed by atoms with Crippen LogP contribution in [0.15, 0.2) is 16.5 Å². The molecule has 1 rings (SSSR count). The number of nitrogens with one attached hydrogen (secondary N) is 1. The molecule has 0 saturated carbocycles. The average Bonchev–Trinajstić information content (AvgIpc) is 2.73. The maximum Gasteiger partial charge on any atom is 0.162 e. The van der Waals surface area contributed by atoms with Gasteiger partial charge in [-0.3, -0.25) is 10.2 Å². The number of nitrogens with zero attached hydrogens (tertiary/aromatic N) is 1. The Morgan fingerprint density at radius 1 is 1.44 bits per heavy atom. The molecule has 92 valence electrons. The van der Waals surface area contributed by atoms with Crippen LogP contribution in [0.1, 0.15) is 29.5 Å². The second-order valence-corrected chi connectivity index (χ2v) is 4.71. The van der Waals surface area contributed by atoms with Gasteiger partial charge < -0.3 is 9.52 Å². The van der Waals surface area contributed by atoms with Crippen molar-refractivity contribution >= 4 is 22.6 Å². The molecule has 0 spiro atoms. The maximum atomic E-state index is 9.29. The van der Waals surface area contributed by atoms with Gasteiger partial charge in [0, 0.05) is 6.67 Å². The summed E-state index contributed by atoms with van der Waals surface area (Å²) in [6.07, 6.45) is 0. The van der Waals surface area contributed by atoms with Gasteiger partial charge in [-0.25, -0.2) is 0 Å². The van der Waals surface area contributed by atoms with E-state index in [1.807, 2.05) is 34.7 Å². The number of aliphatic hydroxyl groups is 1.